The van der Waals surface area contributed by atoms with E-state index in [1.54, 1.807) is 12.1 Å². The highest BCUT2D eigenvalue weighted by Crippen LogP contribution is 2.20. The molecule has 0 saturated heterocycles. The molecule has 0 aliphatic rings. The summed E-state index contributed by atoms with van der Waals surface area (Å²) >= 11 is 0. The van der Waals surface area contributed by atoms with E-state index in [9.17, 15) is 8.42 Å². The molecule has 0 aliphatic heterocycles. The minimum Gasteiger partial charge on any atom is -0.328 e. The number of imidazole rings is 1. The molecule has 166 valence electrons. The normalized spacial score (nSPS) is 11.7. The number of aryl methyl sites for hydroxylation is 4. The standard InChI is InChI=1S/C26H29N3O2S/c1-3-19-29-25-8-6-5-7-24(25)27-26(29)18-13-21-9-14-22(15-10-21)28-32(30,31)23-16-11-20(4-2)12-17-23/h5-12,14-17,28H,3-4,13,18-19H2,1-2H3. The Morgan fingerprint density at radius 1 is 0.844 bits per heavy atom. The average molecular weight is 448 g/mol. The Hall–Kier alpha value is -3.12. The van der Waals surface area contributed by atoms with Crippen LogP contribution in [-0.2, 0) is 35.8 Å². The van der Waals surface area contributed by atoms with E-state index >= 15 is 0 Å². The highest BCUT2D eigenvalue weighted by atomic mass is 32.2. The highest BCUT2D eigenvalue weighted by molar-refractivity contribution is 7.92. The molecule has 6 heteroatoms. The van der Waals surface area contributed by atoms with Crippen LogP contribution in [0.4, 0.5) is 5.69 Å². The zero-order valence-corrected chi connectivity index (χ0v) is 19.4. The van der Waals surface area contributed by atoms with Crippen LogP contribution in [0.3, 0.4) is 0 Å². The summed E-state index contributed by atoms with van der Waals surface area (Å²) in [6.45, 7) is 5.18. The maximum atomic E-state index is 12.7. The van der Waals surface area contributed by atoms with Gasteiger partial charge in [0, 0.05) is 18.7 Å². The third kappa shape index (κ3) is 4.86. The van der Waals surface area contributed by atoms with Crippen molar-refractivity contribution in [2.75, 3.05) is 4.72 Å². The zero-order valence-electron chi connectivity index (χ0n) is 18.6. The molecule has 0 bridgehead atoms. The summed E-state index contributed by atoms with van der Waals surface area (Å²) < 4.78 is 30.3. The van der Waals surface area contributed by atoms with E-state index in [1.165, 1.54) is 5.52 Å². The van der Waals surface area contributed by atoms with E-state index in [4.69, 9.17) is 4.98 Å². The van der Waals surface area contributed by atoms with Crippen LogP contribution in [0.5, 0.6) is 0 Å². The molecule has 0 spiro atoms. The number of hydrogen-bond acceptors (Lipinski definition) is 3. The first-order valence-corrected chi connectivity index (χ1v) is 12.6. The zero-order chi connectivity index (χ0) is 22.6. The lowest BCUT2D eigenvalue weighted by Crippen LogP contribution is -2.13. The van der Waals surface area contributed by atoms with Gasteiger partial charge in [-0.25, -0.2) is 13.4 Å². The summed E-state index contributed by atoms with van der Waals surface area (Å²) in [6.07, 6.45) is 3.62. The number of hydrogen-bond donors (Lipinski definition) is 1. The van der Waals surface area contributed by atoms with Crippen molar-refractivity contribution >= 4 is 26.7 Å². The van der Waals surface area contributed by atoms with Gasteiger partial charge in [0.25, 0.3) is 10.0 Å². The van der Waals surface area contributed by atoms with Gasteiger partial charge < -0.3 is 4.57 Å². The van der Waals surface area contributed by atoms with Crippen LogP contribution < -0.4 is 4.72 Å². The fourth-order valence-electron chi connectivity index (χ4n) is 3.90. The number of para-hydroxylation sites is 2. The van der Waals surface area contributed by atoms with Gasteiger partial charge in [0.2, 0.25) is 0 Å². The molecule has 0 radical (unpaired) electrons. The van der Waals surface area contributed by atoms with E-state index in [1.807, 2.05) is 49.4 Å². The van der Waals surface area contributed by atoms with Gasteiger partial charge in [-0.3, -0.25) is 4.72 Å². The molecule has 0 fully saturated rings. The predicted octanol–water partition coefficient (Wildman–Crippen LogP) is 5.59. The summed E-state index contributed by atoms with van der Waals surface area (Å²) in [4.78, 5) is 5.10. The van der Waals surface area contributed by atoms with Crippen LogP contribution in [-0.4, -0.2) is 18.0 Å². The molecule has 1 N–H and O–H groups in total. The van der Waals surface area contributed by atoms with Crippen molar-refractivity contribution in [2.45, 2.75) is 51.0 Å². The number of nitrogens with one attached hydrogen (secondary N) is 1. The van der Waals surface area contributed by atoms with E-state index < -0.39 is 10.0 Å². The summed E-state index contributed by atoms with van der Waals surface area (Å²) in [7, 11) is -3.60. The van der Waals surface area contributed by atoms with Crippen molar-refractivity contribution in [3.05, 3.63) is 89.7 Å². The lowest BCUT2D eigenvalue weighted by Gasteiger charge is -2.10. The minimum absolute atomic E-state index is 0.272. The Morgan fingerprint density at radius 2 is 1.53 bits per heavy atom. The maximum Gasteiger partial charge on any atom is 0.261 e. The van der Waals surface area contributed by atoms with Crippen LogP contribution in [0.2, 0.25) is 0 Å². The maximum absolute atomic E-state index is 12.7. The molecule has 0 unspecified atom stereocenters. The Balaban J connectivity index is 1.44. The second kappa shape index (κ2) is 9.57. The van der Waals surface area contributed by atoms with Crippen molar-refractivity contribution < 1.29 is 8.42 Å². The average Bonchev–Trinajstić information content (AvgIpc) is 3.16. The van der Waals surface area contributed by atoms with Gasteiger partial charge in [-0.1, -0.05) is 50.2 Å². The quantitative estimate of drug-likeness (QED) is 0.363. The summed E-state index contributed by atoms with van der Waals surface area (Å²) in [6, 6.07) is 22.9. The van der Waals surface area contributed by atoms with E-state index in [2.05, 4.69) is 34.4 Å². The molecule has 0 amide bonds. The van der Waals surface area contributed by atoms with Gasteiger partial charge in [0.15, 0.2) is 0 Å². The summed E-state index contributed by atoms with van der Waals surface area (Å²) in [5.74, 6) is 1.09. The number of fused-ring (bicyclic) bond motifs is 1. The largest absolute Gasteiger partial charge is 0.328 e. The van der Waals surface area contributed by atoms with Crippen LogP contribution in [0, 0.1) is 0 Å². The van der Waals surface area contributed by atoms with Crippen molar-refractivity contribution in [3.8, 4) is 0 Å². The number of nitrogens with zero attached hydrogens (tertiary/aromatic N) is 2. The van der Waals surface area contributed by atoms with Crippen LogP contribution in [0.25, 0.3) is 11.0 Å². The Kier molecular flexibility index (Phi) is 6.61. The smallest absolute Gasteiger partial charge is 0.261 e. The lowest BCUT2D eigenvalue weighted by atomic mass is 10.1. The first kappa shape index (κ1) is 22.1. The molecular formula is C26H29N3O2S. The lowest BCUT2D eigenvalue weighted by molar-refractivity contribution is 0.601. The van der Waals surface area contributed by atoms with Crippen LogP contribution in [0.1, 0.15) is 37.2 Å². The summed E-state index contributed by atoms with van der Waals surface area (Å²) in [5, 5.41) is 0. The fraction of sp³-hybridized carbons (Fsp3) is 0.269. The number of anilines is 1. The molecule has 1 heterocycles. The van der Waals surface area contributed by atoms with Gasteiger partial charge in [0.1, 0.15) is 5.82 Å². The molecule has 0 aliphatic carbocycles. The Morgan fingerprint density at radius 3 is 2.22 bits per heavy atom. The van der Waals surface area contributed by atoms with E-state index in [-0.39, 0.29) is 4.90 Å². The second-order valence-corrected chi connectivity index (χ2v) is 9.65. The number of rotatable bonds is 9. The molecule has 3 aromatic carbocycles. The molecule has 0 atom stereocenters. The molecular weight excluding hydrogens is 418 g/mol. The third-order valence-electron chi connectivity index (χ3n) is 5.67. The molecule has 4 aromatic rings. The highest BCUT2D eigenvalue weighted by Gasteiger charge is 2.14. The van der Waals surface area contributed by atoms with Gasteiger partial charge in [-0.05, 0) is 66.8 Å². The first-order chi connectivity index (χ1) is 15.5. The Bertz CT molecular complexity index is 1290. The second-order valence-electron chi connectivity index (χ2n) is 7.97. The van der Waals surface area contributed by atoms with Gasteiger partial charge in [-0.2, -0.15) is 0 Å². The van der Waals surface area contributed by atoms with Gasteiger partial charge in [0.05, 0.1) is 15.9 Å². The first-order valence-electron chi connectivity index (χ1n) is 11.1. The third-order valence-corrected chi connectivity index (χ3v) is 7.06. The van der Waals surface area contributed by atoms with Gasteiger partial charge >= 0.3 is 0 Å². The van der Waals surface area contributed by atoms with Crippen molar-refractivity contribution in [1.82, 2.24) is 9.55 Å². The molecule has 4 rings (SSSR count). The topological polar surface area (TPSA) is 64.0 Å². The molecule has 32 heavy (non-hydrogen) atoms. The van der Waals surface area contributed by atoms with Crippen LogP contribution in [0.15, 0.2) is 77.7 Å². The van der Waals surface area contributed by atoms with Crippen molar-refractivity contribution in [2.24, 2.45) is 0 Å². The Labute approximate surface area is 190 Å². The fourth-order valence-corrected chi connectivity index (χ4v) is 4.96. The van der Waals surface area contributed by atoms with Gasteiger partial charge in [-0.15, -0.1) is 0 Å². The predicted molar refractivity (Wildman–Crippen MR) is 131 cm³/mol. The van der Waals surface area contributed by atoms with Crippen molar-refractivity contribution in [1.29, 1.82) is 0 Å². The van der Waals surface area contributed by atoms with Crippen molar-refractivity contribution in [3.63, 3.8) is 0 Å². The summed E-state index contributed by atoms with van der Waals surface area (Å²) in [5.41, 5.74) is 5.04. The molecule has 0 saturated carbocycles. The van der Waals surface area contributed by atoms with Crippen LogP contribution >= 0.6 is 0 Å². The number of aromatic nitrogens is 2. The number of benzene rings is 3. The van der Waals surface area contributed by atoms with E-state index in [0.29, 0.717) is 5.69 Å². The monoisotopic (exact) mass is 447 g/mol. The van der Waals surface area contributed by atoms with E-state index in [0.717, 1.165) is 54.7 Å². The number of sulfonamides is 1. The molecule has 5 nitrogen and oxygen atoms in total. The minimum atomic E-state index is -3.60. The SMILES string of the molecule is CCCn1c(CCc2ccc(NS(=O)(=O)c3ccc(CC)cc3)cc2)nc2ccccc21. The molecule has 1 aromatic heterocycles.